The Kier molecular flexibility index (Phi) is 7.37. The van der Waals surface area contributed by atoms with Gasteiger partial charge in [-0.1, -0.05) is 36.4 Å². The van der Waals surface area contributed by atoms with Crippen molar-refractivity contribution in [2.75, 3.05) is 25.5 Å². The molecule has 1 aliphatic heterocycles. The Balaban J connectivity index is 1.32. The summed E-state index contributed by atoms with van der Waals surface area (Å²) in [4.78, 5) is 25.7. The number of fused-ring (bicyclic) bond motifs is 1. The quantitative estimate of drug-likeness (QED) is 0.523. The number of piperidine rings is 1. The van der Waals surface area contributed by atoms with Crippen molar-refractivity contribution in [2.24, 2.45) is 5.92 Å². The van der Waals surface area contributed by atoms with Crippen molar-refractivity contribution < 1.29 is 22.7 Å². The number of carbonyl (C=O) groups is 2. The molecule has 1 fully saturated rings. The number of methoxy groups -OCH3 is 1. The zero-order valence-corrected chi connectivity index (χ0v) is 20.5. The van der Waals surface area contributed by atoms with Crippen molar-refractivity contribution in [3.05, 3.63) is 66.7 Å². The summed E-state index contributed by atoms with van der Waals surface area (Å²) in [5.74, 6) is -0.329. The van der Waals surface area contributed by atoms with Gasteiger partial charge < -0.3 is 15.4 Å². The maximum atomic E-state index is 12.9. The third kappa shape index (κ3) is 5.47. The third-order valence-electron chi connectivity index (χ3n) is 6.32. The highest BCUT2D eigenvalue weighted by Crippen LogP contribution is 2.26. The van der Waals surface area contributed by atoms with Crippen LogP contribution in [-0.4, -0.2) is 50.8 Å². The second-order valence-electron chi connectivity index (χ2n) is 8.60. The van der Waals surface area contributed by atoms with Crippen LogP contribution in [-0.2, 0) is 19.6 Å². The Morgan fingerprint density at radius 3 is 2.31 bits per heavy atom. The van der Waals surface area contributed by atoms with Gasteiger partial charge in [0.05, 0.1) is 12.0 Å². The lowest BCUT2D eigenvalue weighted by Crippen LogP contribution is -2.47. The molecule has 0 saturated carbocycles. The summed E-state index contributed by atoms with van der Waals surface area (Å²) in [5, 5.41) is 7.61. The van der Waals surface area contributed by atoms with Crippen LogP contribution in [0, 0.1) is 5.92 Å². The van der Waals surface area contributed by atoms with Crippen LogP contribution >= 0.6 is 0 Å². The number of hydrogen-bond acceptors (Lipinski definition) is 5. The van der Waals surface area contributed by atoms with Gasteiger partial charge in [-0.3, -0.25) is 9.59 Å². The molecule has 9 heteroatoms. The van der Waals surface area contributed by atoms with Gasteiger partial charge in [-0.2, -0.15) is 4.31 Å². The molecule has 0 unspecified atom stereocenters. The average molecular weight is 496 g/mol. The van der Waals surface area contributed by atoms with Gasteiger partial charge in [-0.25, -0.2) is 8.42 Å². The number of hydrogen-bond donors (Lipinski definition) is 2. The Labute approximate surface area is 205 Å². The Morgan fingerprint density at radius 2 is 1.63 bits per heavy atom. The van der Waals surface area contributed by atoms with Crippen LogP contribution in [0.2, 0.25) is 0 Å². The van der Waals surface area contributed by atoms with E-state index < -0.39 is 16.1 Å². The molecule has 0 aliphatic carbocycles. The van der Waals surface area contributed by atoms with Crippen LogP contribution in [0.5, 0.6) is 5.75 Å². The number of benzene rings is 3. The molecule has 3 aromatic carbocycles. The van der Waals surface area contributed by atoms with E-state index >= 15 is 0 Å². The van der Waals surface area contributed by atoms with Crippen molar-refractivity contribution in [1.29, 1.82) is 0 Å². The van der Waals surface area contributed by atoms with E-state index in [1.165, 1.54) is 23.5 Å². The number of nitrogens with zero attached hydrogens (tertiary/aromatic N) is 1. The molecule has 8 nitrogen and oxygen atoms in total. The molecule has 35 heavy (non-hydrogen) atoms. The topological polar surface area (TPSA) is 105 Å². The minimum atomic E-state index is -3.64. The fourth-order valence-corrected chi connectivity index (χ4v) is 5.70. The first kappa shape index (κ1) is 24.7. The minimum absolute atomic E-state index is 0.194. The molecule has 0 bridgehead atoms. The second-order valence-corrected chi connectivity index (χ2v) is 10.5. The summed E-state index contributed by atoms with van der Waals surface area (Å²) in [6.07, 6.45) is 0.776. The van der Waals surface area contributed by atoms with Gasteiger partial charge in [0, 0.05) is 30.1 Å². The van der Waals surface area contributed by atoms with Crippen molar-refractivity contribution in [2.45, 2.75) is 30.7 Å². The Hall–Kier alpha value is -3.43. The maximum Gasteiger partial charge on any atom is 0.246 e. The number of amides is 2. The molecule has 0 spiro atoms. The number of nitrogens with one attached hydrogen (secondary N) is 2. The Bertz CT molecular complexity index is 1310. The number of carbonyl (C=O) groups excluding carboxylic acids is 2. The van der Waals surface area contributed by atoms with Crippen molar-refractivity contribution >= 4 is 38.3 Å². The molecule has 1 atom stereocenters. The van der Waals surface area contributed by atoms with Crippen LogP contribution in [0.15, 0.2) is 71.6 Å². The summed E-state index contributed by atoms with van der Waals surface area (Å²) in [7, 11) is -2.12. The molecule has 0 aromatic heterocycles. The fraction of sp³-hybridized carbons (Fsp3) is 0.308. The minimum Gasteiger partial charge on any atom is -0.497 e. The van der Waals surface area contributed by atoms with Gasteiger partial charge >= 0.3 is 0 Å². The number of sulfonamides is 1. The summed E-state index contributed by atoms with van der Waals surface area (Å²) >= 11 is 0. The van der Waals surface area contributed by atoms with Gasteiger partial charge in [-0.15, -0.1) is 0 Å². The van der Waals surface area contributed by atoms with E-state index in [4.69, 9.17) is 4.74 Å². The Morgan fingerprint density at radius 1 is 0.971 bits per heavy atom. The predicted molar refractivity (Wildman–Crippen MR) is 135 cm³/mol. The van der Waals surface area contributed by atoms with Crippen LogP contribution < -0.4 is 15.4 Å². The van der Waals surface area contributed by atoms with Gasteiger partial charge in [0.15, 0.2) is 0 Å². The molecular weight excluding hydrogens is 466 g/mol. The highest BCUT2D eigenvalue weighted by atomic mass is 32.2. The molecule has 0 radical (unpaired) electrons. The monoisotopic (exact) mass is 495 g/mol. The lowest BCUT2D eigenvalue weighted by atomic mass is 9.97. The van der Waals surface area contributed by atoms with Crippen molar-refractivity contribution in [1.82, 2.24) is 9.62 Å². The van der Waals surface area contributed by atoms with Crippen LogP contribution in [0.25, 0.3) is 10.8 Å². The lowest BCUT2D eigenvalue weighted by Gasteiger charge is -2.31. The molecule has 2 amide bonds. The molecule has 1 aliphatic rings. The fourth-order valence-electron chi connectivity index (χ4n) is 4.23. The molecule has 2 N–H and O–H groups in total. The van der Waals surface area contributed by atoms with Crippen molar-refractivity contribution in [3.63, 3.8) is 0 Å². The van der Waals surface area contributed by atoms with Crippen LogP contribution in [0.4, 0.5) is 5.69 Å². The van der Waals surface area contributed by atoms with Gasteiger partial charge in [0.2, 0.25) is 21.8 Å². The van der Waals surface area contributed by atoms with E-state index in [1.54, 1.807) is 19.1 Å². The van der Waals surface area contributed by atoms with Crippen LogP contribution in [0.3, 0.4) is 0 Å². The van der Waals surface area contributed by atoms with Gasteiger partial charge in [0.1, 0.15) is 11.8 Å². The third-order valence-corrected chi connectivity index (χ3v) is 8.23. The number of anilines is 1. The SMILES string of the molecule is COc1ccc(S(=O)(=O)N2CCC(C(=O)N[C@@H](C)C(=O)Nc3cccc4ccccc34)CC2)cc1. The molecule has 3 aromatic rings. The largest absolute Gasteiger partial charge is 0.497 e. The number of rotatable bonds is 7. The summed E-state index contributed by atoms with van der Waals surface area (Å²) in [6.45, 7) is 2.12. The highest BCUT2D eigenvalue weighted by Gasteiger charge is 2.33. The standard InChI is InChI=1S/C26H29N3O5S/c1-18(25(30)28-24-9-5-7-19-6-3-4-8-23(19)24)27-26(31)20-14-16-29(17-15-20)35(32,33)22-12-10-21(34-2)11-13-22/h3-13,18,20H,14-17H2,1-2H3,(H,27,31)(H,28,30)/t18-/m0/s1. The molecular formula is C26H29N3O5S. The van der Waals surface area contributed by atoms with Gasteiger partial charge in [0.25, 0.3) is 0 Å². The first-order chi connectivity index (χ1) is 16.8. The lowest BCUT2D eigenvalue weighted by molar-refractivity contribution is -0.129. The highest BCUT2D eigenvalue weighted by molar-refractivity contribution is 7.89. The van der Waals surface area contributed by atoms with E-state index in [0.29, 0.717) is 24.3 Å². The summed E-state index contributed by atoms with van der Waals surface area (Å²) in [5.41, 5.74) is 0.686. The summed E-state index contributed by atoms with van der Waals surface area (Å²) in [6, 6.07) is 18.9. The van der Waals surface area contributed by atoms with E-state index in [0.717, 1.165) is 10.8 Å². The first-order valence-electron chi connectivity index (χ1n) is 11.5. The first-order valence-corrected chi connectivity index (χ1v) is 13.0. The molecule has 4 rings (SSSR count). The van der Waals surface area contributed by atoms with Crippen molar-refractivity contribution in [3.8, 4) is 5.75 Å². The van der Waals surface area contributed by atoms with Crippen LogP contribution in [0.1, 0.15) is 19.8 Å². The van der Waals surface area contributed by atoms with Gasteiger partial charge in [-0.05, 0) is 55.5 Å². The van der Waals surface area contributed by atoms with E-state index in [2.05, 4.69) is 10.6 Å². The maximum absolute atomic E-state index is 12.9. The summed E-state index contributed by atoms with van der Waals surface area (Å²) < 4.78 is 32.3. The average Bonchev–Trinajstić information content (AvgIpc) is 2.89. The molecule has 1 heterocycles. The normalized spacial score (nSPS) is 15.9. The molecule has 184 valence electrons. The number of ether oxygens (including phenoxy) is 1. The molecule has 1 saturated heterocycles. The van der Waals surface area contributed by atoms with E-state index in [9.17, 15) is 18.0 Å². The predicted octanol–water partition coefficient (Wildman–Crippen LogP) is 3.39. The van der Waals surface area contributed by atoms with E-state index in [1.807, 2.05) is 42.5 Å². The zero-order valence-electron chi connectivity index (χ0n) is 19.7. The zero-order chi connectivity index (χ0) is 25.0. The second kappa shape index (κ2) is 10.5. The smallest absolute Gasteiger partial charge is 0.246 e. The van der Waals surface area contributed by atoms with E-state index in [-0.39, 0.29) is 35.7 Å².